The number of hydrogen-bond acceptors (Lipinski definition) is 1. The van der Waals surface area contributed by atoms with E-state index in [1.54, 1.807) is 0 Å². The lowest BCUT2D eigenvalue weighted by Gasteiger charge is -2.35. The molecule has 15 heavy (non-hydrogen) atoms. The van der Waals surface area contributed by atoms with Gasteiger partial charge in [0.05, 0.1) is 6.61 Å². The number of allylic oxidation sites excluding steroid dienone is 2. The molecule has 0 saturated carbocycles. The summed E-state index contributed by atoms with van der Waals surface area (Å²) in [4.78, 5) is 0. The SMILES string of the molecule is CC(=C/I)/C=C/CO[Si](C)(C)C(C)(C)C. The number of hydrogen-bond donors (Lipinski definition) is 0. The Balaban J connectivity index is 4.13. The minimum Gasteiger partial charge on any atom is -0.413 e. The van der Waals surface area contributed by atoms with Crippen LogP contribution in [0.2, 0.25) is 18.1 Å². The molecule has 0 unspecified atom stereocenters. The highest BCUT2D eigenvalue weighted by molar-refractivity contribution is 14.1. The van der Waals surface area contributed by atoms with Crippen LogP contribution in [0.1, 0.15) is 27.7 Å². The summed E-state index contributed by atoms with van der Waals surface area (Å²) in [5, 5.41) is 0.301. The van der Waals surface area contributed by atoms with Crippen molar-refractivity contribution in [2.75, 3.05) is 6.61 Å². The number of rotatable bonds is 4. The van der Waals surface area contributed by atoms with E-state index in [1.807, 2.05) is 0 Å². The monoisotopic (exact) mass is 338 g/mol. The molecule has 0 fully saturated rings. The first-order valence-corrected chi connectivity index (χ1v) is 9.43. The number of halogens is 1. The Labute approximate surface area is 109 Å². The summed E-state index contributed by atoms with van der Waals surface area (Å²) in [7, 11) is -1.56. The predicted molar refractivity (Wildman–Crippen MR) is 80.1 cm³/mol. The van der Waals surface area contributed by atoms with Crippen molar-refractivity contribution >= 4 is 30.9 Å². The second-order valence-corrected chi connectivity index (χ2v) is 10.8. The topological polar surface area (TPSA) is 9.23 Å². The van der Waals surface area contributed by atoms with Gasteiger partial charge in [0.25, 0.3) is 0 Å². The maximum Gasteiger partial charge on any atom is 0.192 e. The fourth-order valence-electron chi connectivity index (χ4n) is 0.743. The van der Waals surface area contributed by atoms with Crippen LogP contribution in [0.15, 0.2) is 21.8 Å². The highest BCUT2D eigenvalue weighted by Gasteiger charge is 2.36. The zero-order valence-corrected chi connectivity index (χ0v) is 13.9. The van der Waals surface area contributed by atoms with Gasteiger partial charge in [-0.2, -0.15) is 0 Å². The highest BCUT2D eigenvalue weighted by Crippen LogP contribution is 2.36. The van der Waals surface area contributed by atoms with E-state index in [1.165, 1.54) is 5.57 Å². The molecule has 0 aromatic rings. The van der Waals surface area contributed by atoms with E-state index in [0.717, 1.165) is 6.61 Å². The molecule has 0 aromatic heterocycles. The Hall–Kier alpha value is 0.387. The molecule has 0 amide bonds. The predicted octanol–water partition coefficient (Wildman–Crippen LogP) is 4.90. The van der Waals surface area contributed by atoms with Gasteiger partial charge >= 0.3 is 0 Å². The van der Waals surface area contributed by atoms with Crippen molar-refractivity contribution in [3.63, 3.8) is 0 Å². The average molecular weight is 338 g/mol. The minimum atomic E-state index is -1.56. The van der Waals surface area contributed by atoms with Crippen LogP contribution in [0.5, 0.6) is 0 Å². The van der Waals surface area contributed by atoms with Crippen molar-refractivity contribution in [2.45, 2.75) is 45.8 Å². The van der Waals surface area contributed by atoms with Gasteiger partial charge in [0.1, 0.15) is 0 Å². The lowest BCUT2D eigenvalue weighted by atomic mass is 10.2. The molecule has 0 aromatic carbocycles. The molecule has 0 atom stereocenters. The van der Waals surface area contributed by atoms with Gasteiger partial charge in [-0.25, -0.2) is 0 Å². The van der Waals surface area contributed by atoms with E-state index < -0.39 is 8.32 Å². The zero-order chi connectivity index (χ0) is 12.1. The van der Waals surface area contributed by atoms with E-state index in [-0.39, 0.29) is 0 Å². The van der Waals surface area contributed by atoms with E-state index >= 15 is 0 Å². The molecular weight excluding hydrogens is 315 g/mol. The van der Waals surface area contributed by atoms with Crippen molar-refractivity contribution in [2.24, 2.45) is 0 Å². The van der Waals surface area contributed by atoms with Gasteiger partial charge in [-0.3, -0.25) is 0 Å². The summed E-state index contributed by atoms with van der Waals surface area (Å²) in [5.74, 6) is 0. The first kappa shape index (κ1) is 15.4. The minimum absolute atomic E-state index is 0.301. The van der Waals surface area contributed by atoms with Crippen LogP contribution in [0.4, 0.5) is 0 Å². The first-order chi connectivity index (χ1) is 6.70. The summed E-state index contributed by atoms with van der Waals surface area (Å²) in [6.07, 6.45) is 4.21. The third kappa shape index (κ3) is 5.87. The molecule has 1 nitrogen and oxygen atoms in total. The standard InChI is InChI=1S/C12H23IOSi/c1-11(10-13)8-7-9-14-15(5,6)12(2,3)4/h7-8,10H,9H2,1-6H3/b8-7+,11-10-. The lowest BCUT2D eigenvalue weighted by Crippen LogP contribution is -2.40. The largest absolute Gasteiger partial charge is 0.413 e. The summed E-state index contributed by atoms with van der Waals surface area (Å²) in [6.45, 7) is 14.2. The van der Waals surface area contributed by atoms with Crippen molar-refractivity contribution in [3.05, 3.63) is 21.8 Å². The van der Waals surface area contributed by atoms with Gasteiger partial charge in [0, 0.05) is 0 Å². The average Bonchev–Trinajstić information content (AvgIpc) is 2.10. The molecule has 0 saturated heterocycles. The van der Waals surface area contributed by atoms with Gasteiger partial charge in [0.2, 0.25) is 0 Å². The molecule has 88 valence electrons. The molecular formula is C12H23IOSi. The second kappa shape index (κ2) is 6.20. The molecule has 0 aliphatic carbocycles. The maximum atomic E-state index is 6.01. The summed E-state index contributed by atoms with van der Waals surface area (Å²) >= 11 is 2.25. The van der Waals surface area contributed by atoms with Crippen molar-refractivity contribution in [1.29, 1.82) is 0 Å². The first-order valence-electron chi connectivity index (χ1n) is 5.28. The Morgan fingerprint density at radius 3 is 2.27 bits per heavy atom. The molecule has 0 radical (unpaired) electrons. The molecule has 0 aliphatic heterocycles. The van der Waals surface area contributed by atoms with Crippen molar-refractivity contribution in [3.8, 4) is 0 Å². The summed E-state index contributed by atoms with van der Waals surface area (Å²) < 4.78 is 8.08. The van der Waals surface area contributed by atoms with Crippen LogP contribution in [-0.4, -0.2) is 14.9 Å². The smallest absolute Gasteiger partial charge is 0.192 e. The molecule has 0 spiro atoms. The van der Waals surface area contributed by atoms with Crippen molar-refractivity contribution in [1.82, 2.24) is 0 Å². The van der Waals surface area contributed by atoms with Gasteiger partial charge in [-0.05, 0) is 34.7 Å². The molecule has 0 rings (SSSR count). The Morgan fingerprint density at radius 1 is 1.33 bits per heavy atom. The maximum absolute atomic E-state index is 6.01. The van der Waals surface area contributed by atoms with E-state index in [0.29, 0.717) is 5.04 Å². The van der Waals surface area contributed by atoms with Gasteiger partial charge in [0.15, 0.2) is 8.32 Å². The molecule has 3 heteroatoms. The third-order valence-corrected chi connectivity index (χ3v) is 8.38. The van der Waals surface area contributed by atoms with Crippen LogP contribution in [0.25, 0.3) is 0 Å². The fraction of sp³-hybridized carbons (Fsp3) is 0.667. The van der Waals surface area contributed by atoms with Crippen molar-refractivity contribution < 1.29 is 4.43 Å². The van der Waals surface area contributed by atoms with Gasteiger partial charge in [-0.15, -0.1) is 0 Å². The van der Waals surface area contributed by atoms with Crippen LogP contribution in [-0.2, 0) is 4.43 Å². The van der Waals surface area contributed by atoms with Crippen LogP contribution in [0, 0.1) is 0 Å². The van der Waals surface area contributed by atoms with Crippen LogP contribution < -0.4 is 0 Å². The van der Waals surface area contributed by atoms with Crippen LogP contribution in [0.3, 0.4) is 0 Å². The second-order valence-electron chi connectivity index (χ2n) is 5.33. The van der Waals surface area contributed by atoms with Gasteiger partial charge < -0.3 is 4.43 Å². The molecule has 0 aliphatic rings. The van der Waals surface area contributed by atoms with E-state index in [2.05, 4.69) is 79.6 Å². The van der Waals surface area contributed by atoms with Gasteiger partial charge in [-0.1, -0.05) is 55.5 Å². The normalized spacial score (nSPS) is 15.0. The lowest BCUT2D eigenvalue weighted by molar-refractivity contribution is 0.328. The summed E-state index contributed by atoms with van der Waals surface area (Å²) in [6, 6.07) is 0. The van der Waals surface area contributed by atoms with E-state index in [4.69, 9.17) is 4.43 Å². The van der Waals surface area contributed by atoms with Crippen LogP contribution >= 0.6 is 22.6 Å². The molecule has 0 heterocycles. The molecule has 0 bridgehead atoms. The summed E-state index contributed by atoms with van der Waals surface area (Å²) in [5.41, 5.74) is 1.27. The third-order valence-electron chi connectivity index (χ3n) is 2.90. The Kier molecular flexibility index (Phi) is 6.36. The van der Waals surface area contributed by atoms with E-state index in [9.17, 15) is 0 Å². The Morgan fingerprint density at radius 2 is 1.87 bits per heavy atom. The Bertz CT molecular complexity index is 249. The highest BCUT2D eigenvalue weighted by atomic mass is 127. The fourth-order valence-corrected chi connectivity index (χ4v) is 1.90. The quantitative estimate of drug-likeness (QED) is 0.402. The zero-order valence-electron chi connectivity index (χ0n) is 10.7. The molecule has 0 N–H and O–H groups in total.